The van der Waals surface area contributed by atoms with Crippen molar-refractivity contribution < 1.29 is 0 Å². The van der Waals surface area contributed by atoms with E-state index in [0.29, 0.717) is 0 Å². The van der Waals surface area contributed by atoms with Gasteiger partial charge in [0.05, 0.1) is 0 Å². The molecular formula is C13H24. The first-order chi connectivity index (χ1) is 6.38. The van der Waals surface area contributed by atoms with Crippen molar-refractivity contribution in [3.63, 3.8) is 0 Å². The quantitative estimate of drug-likeness (QED) is 0.538. The van der Waals surface area contributed by atoms with Crippen LogP contribution in [0.3, 0.4) is 0 Å². The highest BCUT2D eigenvalue weighted by Crippen LogP contribution is 2.33. The molecule has 0 unspecified atom stereocenters. The second-order valence-electron chi connectivity index (χ2n) is 4.30. The monoisotopic (exact) mass is 180 g/mol. The van der Waals surface area contributed by atoms with Crippen molar-refractivity contribution in [3.05, 3.63) is 11.6 Å². The lowest BCUT2D eigenvalue weighted by Gasteiger charge is -2.13. The Balaban J connectivity index is 2.44. The minimum Gasteiger partial charge on any atom is -0.0851 e. The summed E-state index contributed by atoms with van der Waals surface area (Å²) in [6.07, 6.45) is 13.7. The number of allylic oxidation sites excluding steroid dienone is 2. The zero-order valence-corrected chi connectivity index (χ0v) is 9.31. The average Bonchev–Trinajstić information content (AvgIpc) is 2.65. The third-order valence-electron chi connectivity index (χ3n) is 3.11. The van der Waals surface area contributed by atoms with Gasteiger partial charge in [0.2, 0.25) is 0 Å². The van der Waals surface area contributed by atoms with Crippen molar-refractivity contribution in [2.45, 2.75) is 65.2 Å². The Morgan fingerprint density at radius 3 is 2.38 bits per heavy atom. The van der Waals surface area contributed by atoms with Gasteiger partial charge in [0.15, 0.2) is 0 Å². The van der Waals surface area contributed by atoms with Gasteiger partial charge in [-0.2, -0.15) is 0 Å². The molecule has 0 N–H and O–H groups in total. The molecule has 1 fully saturated rings. The summed E-state index contributed by atoms with van der Waals surface area (Å²) >= 11 is 0. The number of unbranched alkanes of at least 4 members (excludes halogenated alkanes) is 1. The summed E-state index contributed by atoms with van der Waals surface area (Å²) in [5.41, 5.74) is 1.78. The van der Waals surface area contributed by atoms with Gasteiger partial charge in [-0.15, -0.1) is 0 Å². The second kappa shape index (κ2) is 6.23. The molecule has 1 rings (SSSR count). The van der Waals surface area contributed by atoms with Crippen molar-refractivity contribution in [1.82, 2.24) is 0 Å². The first-order valence-corrected chi connectivity index (χ1v) is 6.07. The third kappa shape index (κ3) is 3.54. The molecule has 0 heterocycles. The van der Waals surface area contributed by atoms with Gasteiger partial charge in [0.1, 0.15) is 0 Å². The summed E-state index contributed by atoms with van der Waals surface area (Å²) in [5, 5.41) is 0. The summed E-state index contributed by atoms with van der Waals surface area (Å²) in [6.45, 7) is 4.57. The van der Waals surface area contributed by atoms with Crippen LogP contribution in [0.15, 0.2) is 11.6 Å². The Kier molecular flexibility index (Phi) is 5.19. The molecule has 0 radical (unpaired) electrons. The van der Waals surface area contributed by atoms with Gasteiger partial charge < -0.3 is 0 Å². The fourth-order valence-corrected chi connectivity index (χ4v) is 2.39. The lowest BCUT2D eigenvalue weighted by Crippen LogP contribution is -1.98. The molecule has 0 nitrogen and oxygen atoms in total. The highest BCUT2D eigenvalue weighted by atomic mass is 14.2. The van der Waals surface area contributed by atoms with E-state index in [1.165, 1.54) is 51.4 Å². The molecule has 76 valence electrons. The summed E-state index contributed by atoms with van der Waals surface area (Å²) in [6, 6.07) is 0. The van der Waals surface area contributed by atoms with Gasteiger partial charge in [-0.25, -0.2) is 0 Å². The lowest BCUT2D eigenvalue weighted by atomic mass is 9.92. The SMILES string of the molecule is CCC/C=C(\CCC)C1CCCC1. The van der Waals surface area contributed by atoms with Gasteiger partial charge in [0.25, 0.3) is 0 Å². The number of hydrogen-bond donors (Lipinski definition) is 0. The zero-order valence-electron chi connectivity index (χ0n) is 9.31. The number of hydrogen-bond acceptors (Lipinski definition) is 0. The smallest absolute Gasteiger partial charge is 0.0203 e. The van der Waals surface area contributed by atoms with E-state index in [9.17, 15) is 0 Å². The van der Waals surface area contributed by atoms with Crippen LogP contribution in [0.4, 0.5) is 0 Å². The van der Waals surface area contributed by atoms with E-state index in [2.05, 4.69) is 19.9 Å². The normalized spacial score (nSPS) is 19.7. The molecule has 0 saturated heterocycles. The second-order valence-corrected chi connectivity index (χ2v) is 4.30. The first-order valence-electron chi connectivity index (χ1n) is 6.07. The highest BCUT2D eigenvalue weighted by molar-refractivity contribution is 5.08. The van der Waals surface area contributed by atoms with Crippen LogP contribution in [0, 0.1) is 5.92 Å². The largest absolute Gasteiger partial charge is 0.0851 e. The van der Waals surface area contributed by atoms with E-state index in [1.54, 1.807) is 5.57 Å². The van der Waals surface area contributed by atoms with Crippen molar-refractivity contribution in [3.8, 4) is 0 Å². The molecule has 13 heavy (non-hydrogen) atoms. The van der Waals surface area contributed by atoms with E-state index in [1.807, 2.05) is 0 Å². The minimum atomic E-state index is 0.964. The lowest BCUT2D eigenvalue weighted by molar-refractivity contribution is 0.601. The van der Waals surface area contributed by atoms with Crippen molar-refractivity contribution in [2.24, 2.45) is 5.92 Å². The van der Waals surface area contributed by atoms with Gasteiger partial charge in [-0.1, -0.05) is 51.2 Å². The molecule has 0 heteroatoms. The van der Waals surface area contributed by atoms with Crippen LogP contribution in [0.1, 0.15) is 65.2 Å². The van der Waals surface area contributed by atoms with Crippen LogP contribution in [-0.2, 0) is 0 Å². The molecule has 0 spiro atoms. The van der Waals surface area contributed by atoms with Crippen molar-refractivity contribution in [1.29, 1.82) is 0 Å². The molecule has 0 aromatic carbocycles. The van der Waals surface area contributed by atoms with Crippen LogP contribution in [0.5, 0.6) is 0 Å². The maximum Gasteiger partial charge on any atom is -0.0203 e. The Hall–Kier alpha value is -0.260. The Morgan fingerprint density at radius 1 is 1.15 bits per heavy atom. The molecule has 0 aromatic rings. The standard InChI is InChI=1S/C13H24/c1-3-5-9-12(8-4-2)13-10-6-7-11-13/h9,13H,3-8,10-11H2,1-2H3/b12-9+. The Labute approximate surface area is 83.4 Å². The van der Waals surface area contributed by atoms with Crippen LogP contribution < -0.4 is 0 Å². The fraction of sp³-hybridized carbons (Fsp3) is 0.846. The highest BCUT2D eigenvalue weighted by Gasteiger charge is 2.17. The predicted octanol–water partition coefficient (Wildman–Crippen LogP) is 4.70. The van der Waals surface area contributed by atoms with Crippen molar-refractivity contribution in [2.75, 3.05) is 0 Å². The van der Waals surface area contributed by atoms with Crippen LogP contribution >= 0.6 is 0 Å². The maximum absolute atomic E-state index is 2.53. The third-order valence-corrected chi connectivity index (χ3v) is 3.11. The summed E-state index contributed by atoms with van der Waals surface area (Å²) in [5.74, 6) is 0.964. The Bertz CT molecular complexity index is 149. The van der Waals surface area contributed by atoms with Crippen LogP contribution in [0.2, 0.25) is 0 Å². The van der Waals surface area contributed by atoms with Crippen LogP contribution in [0.25, 0.3) is 0 Å². The van der Waals surface area contributed by atoms with E-state index >= 15 is 0 Å². The molecule has 0 aliphatic heterocycles. The van der Waals surface area contributed by atoms with Gasteiger partial charge in [0, 0.05) is 0 Å². The van der Waals surface area contributed by atoms with E-state index in [0.717, 1.165) is 5.92 Å². The Morgan fingerprint density at radius 2 is 1.85 bits per heavy atom. The topological polar surface area (TPSA) is 0 Å². The molecule has 1 saturated carbocycles. The van der Waals surface area contributed by atoms with E-state index in [4.69, 9.17) is 0 Å². The average molecular weight is 180 g/mol. The molecule has 1 aliphatic carbocycles. The maximum atomic E-state index is 2.53. The zero-order chi connectivity index (χ0) is 9.52. The van der Waals surface area contributed by atoms with Gasteiger partial charge in [-0.3, -0.25) is 0 Å². The van der Waals surface area contributed by atoms with Gasteiger partial charge in [-0.05, 0) is 31.6 Å². The molecule has 0 aromatic heterocycles. The predicted molar refractivity (Wildman–Crippen MR) is 59.9 cm³/mol. The molecule has 1 aliphatic rings. The van der Waals surface area contributed by atoms with E-state index < -0.39 is 0 Å². The number of rotatable bonds is 5. The molecule has 0 amide bonds. The van der Waals surface area contributed by atoms with Crippen LogP contribution in [-0.4, -0.2) is 0 Å². The molecule has 0 bridgehead atoms. The molecule has 0 atom stereocenters. The first kappa shape index (κ1) is 10.8. The summed E-state index contributed by atoms with van der Waals surface area (Å²) in [7, 11) is 0. The van der Waals surface area contributed by atoms with Crippen molar-refractivity contribution >= 4 is 0 Å². The minimum absolute atomic E-state index is 0.964. The van der Waals surface area contributed by atoms with E-state index in [-0.39, 0.29) is 0 Å². The fourth-order valence-electron chi connectivity index (χ4n) is 2.39. The van der Waals surface area contributed by atoms with Gasteiger partial charge >= 0.3 is 0 Å². The summed E-state index contributed by atoms with van der Waals surface area (Å²) < 4.78 is 0. The molecular weight excluding hydrogens is 156 g/mol. The summed E-state index contributed by atoms with van der Waals surface area (Å²) in [4.78, 5) is 0.